The first-order valence-corrected chi connectivity index (χ1v) is 11.5. The average Bonchev–Trinajstić information content (AvgIpc) is 2.79. The van der Waals surface area contributed by atoms with Crippen LogP contribution in [0.2, 0.25) is 0 Å². The molecule has 1 aliphatic rings. The van der Waals surface area contributed by atoms with Gasteiger partial charge in [0.1, 0.15) is 5.75 Å². The van der Waals surface area contributed by atoms with Crippen molar-refractivity contribution < 1.29 is 9.53 Å². The number of carbonyl (C=O) groups is 1. The van der Waals surface area contributed by atoms with Gasteiger partial charge in [-0.25, -0.2) is 0 Å². The van der Waals surface area contributed by atoms with Crippen LogP contribution in [0.25, 0.3) is 10.9 Å². The molecule has 2 aromatic rings. The van der Waals surface area contributed by atoms with Gasteiger partial charge >= 0.3 is 0 Å². The van der Waals surface area contributed by atoms with Crippen LogP contribution in [0.1, 0.15) is 32.6 Å². The van der Waals surface area contributed by atoms with Crippen molar-refractivity contribution in [2.75, 3.05) is 52.4 Å². The van der Waals surface area contributed by atoms with Gasteiger partial charge in [0.2, 0.25) is 5.91 Å². The maximum absolute atomic E-state index is 12.1. The number of nitrogens with zero attached hydrogens (tertiary/aromatic N) is 3. The lowest BCUT2D eigenvalue weighted by Crippen LogP contribution is -2.47. The second kappa shape index (κ2) is 11.9. The molecule has 0 bridgehead atoms. The summed E-state index contributed by atoms with van der Waals surface area (Å²) in [6.45, 7) is 10.2. The lowest BCUT2D eigenvalue weighted by molar-refractivity contribution is -0.121. The van der Waals surface area contributed by atoms with Crippen molar-refractivity contribution in [2.24, 2.45) is 7.05 Å². The van der Waals surface area contributed by atoms with E-state index in [-0.39, 0.29) is 11.5 Å². The van der Waals surface area contributed by atoms with Crippen LogP contribution in [0.4, 0.5) is 0 Å². The van der Waals surface area contributed by atoms with Gasteiger partial charge in [0.15, 0.2) is 0 Å². The topological polar surface area (TPSA) is 66.8 Å². The molecule has 0 spiro atoms. The molecule has 170 valence electrons. The molecule has 1 fully saturated rings. The second-order valence-corrected chi connectivity index (χ2v) is 8.26. The summed E-state index contributed by atoms with van der Waals surface area (Å²) in [6, 6.07) is 9.20. The van der Waals surface area contributed by atoms with Gasteiger partial charge in [0.25, 0.3) is 5.56 Å². The lowest BCUT2D eigenvalue weighted by Gasteiger charge is -2.34. The third-order valence-electron chi connectivity index (χ3n) is 5.90. The third-order valence-corrected chi connectivity index (χ3v) is 5.90. The highest BCUT2D eigenvalue weighted by Gasteiger charge is 2.15. The molecule has 1 aliphatic heterocycles. The number of para-hydroxylation sites is 1. The first kappa shape index (κ1) is 23.3. The number of nitrogens with one attached hydrogen (secondary N) is 1. The molecule has 0 radical (unpaired) electrons. The van der Waals surface area contributed by atoms with Gasteiger partial charge in [-0.2, -0.15) is 0 Å². The van der Waals surface area contributed by atoms with E-state index in [0.29, 0.717) is 31.7 Å². The number of benzene rings is 1. The molecule has 7 nitrogen and oxygen atoms in total. The molecule has 1 aromatic heterocycles. The summed E-state index contributed by atoms with van der Waals surface area (Å²) < 4.78 is 7.44. The molecule has 1 aromatic carbocycles. The highest BCUT2D eigenvalue weighted by atomic mass is 16.5. The summed E-state index contributed by atoms with van der Waals surface area (Å²) in [7, 11) is 1.76. The number of hydrogen-bond donors (Lipinski definition) is 1. The highest BCUT2D eigenvalue weighted by molar-refractivity contribution is 5.85. The lowest BCUT2D eigenvalue weighted by atomic mass is 10.2. The van der Waals surface area contributed by atoms with Crippen molar-refractivity contribution in [3.63, 3.8) is 0 Å². The van der Waals surface area contributed by atoms with Crippen LogP contribution >= 0.6 is 0 Å². The van der Waals surface area contributed by atoms with Gasteiger partial charge in [-0.15, -0.1) is 0 Å². The van der Waals surface area contributed by atoms with Crippen molar-refractivity contribution >= 4 is 16.8 Å². The van der Waals surface area contributed by atoms with Crippen LogP contribution in [-0.4, -0.2) is 72.7 Å². The van der Waals surface area contributed by atoms with Gasteiger partial charge < -0.3 is 24.4 Å². The maximum atomic E-state index is 12.1. The first-order chi connectivity index (χ1) is 15.1. The summed E-state index contributed by atoms with van der Waals surface area (Å²) in [6.07, 6.45) is 3.25. The molecule has 0 saturated carbocycles. The minimum atomic E-state index is -0.0989. The first-order valence-electron chi connectivity index (χ1n) is 11.5. The van der Waals surface area contributed by atoms with E-state index in [0.717, 1.165) is 50.0 Å². The molecule has 0 unspecified atom stereocenters. The van der Waals surface area contributed by atoms with E-state index in [2.05, 4.69) is 22.0 Å². The van der Waals surface area contributed by atoms with E-state index in [9.17, 15) is 9.59 Å². The standard InChI is InChI=1S/C24H36N4O3/c1-3-12-27-14-16-28(17-15-27)13-7-11-25-23(29)10-6-18-31-22-19-24(30)26(2)21-9-5-4-8-20(21)22/h4-5,8-9,19H,3,6-7,10-18H2,1-2H3,(H,25,29). The molecule has 31 heavy (non-hydrogen) atoms. The molecule has 7 heteroatoms. The highest BCUT2D eigenvalue weighted by Crippen LogP contribution is 2.23. The maximum Gasteiger partial charge on any atom is 0.254 e. The predicted octanol–water partition coefficient (Wildman–Crippen LogP) is 2.23. The van der Waals surface area contributed by atoms with E-state index in [1.165, 1.54) is 19.0 Å². The molecule has 1 amide bonds. The largest absolute Gasteiger partial charge is 0.493 e. The van der Waals surface area contributed by atoms with E-state index in [4.69, 9.17) is 4.74 Å². The Bertz CT molecular complexity index is 903. The number of hydrogen-bond acceptors (Lipinski definition) is 5. The zero-order chi connectivity index (χ0) is 22.1. The van der Waals surface area contributed by atoms with Gasteiger partial charge in [-0.1, -0.05) is 19.1 Å². The molecule has 3 rings (SSSR count). The van der Waals surface area contributed by atoms with Crippen LogP contribution in [0.15, 0.2) is 35.1 Å². The van der Waals surface area contributed by atoms with Crippen LogP contribution in [-0.2, 0) is 11.8 Å². The van der Waals surface area contributed by atoms with Crippen molar-refractivity contribution in [3.8, 4) is 5.75 Å². The number of ether oxygens (including phenoxy) is 1. The van der Waals surface area contributed by atoms with Crippen LogP contribution in [0, 0.1) is 0 Å². The van der Waals surface area contributed by atoms with Crippen LogP contribution < -0.4 is 15.6 Å². The normalized spacial score (nSPS) is 15.3. The summed E-state index contributed by atoms with van der Waals surface area (Å²) in [4.78, 5) is 29.2. The Kier molecular flexibility index (Phi) is 8.91. The second-order valence-electron chi connectivity index (χ2n) is 8.26. The Morgan fingerprint density at radius 3 is 2.52 bits per heavy atom. The summed E-state index contributed by atoms with van der Waals surface area (Å²) in [5, 5.41) is 3.92. The summed E-state index contributed by atoms with van der Waals surface area (Å²) in [5.41, 5.74) is 0.743. The van der Waals surface area contributed by atoms with E-state index in [1.54, 1.807) is 11.6 Å². The molecule has 1 N–H and O–H groups in total. The zero-order valence-corrected chi connectivity index (χ0v) is 18.9. The number of piperazine rings is 1. The van der Waals surface area contributed by atoms with Crippen LogP contribution in [0.5, 0.6) is 5.75 Å². The predicted molar refractivity (Wildman–Crippen MR) is 125 cm³/mol. The Morgan fingerprint density at radius 2 is 1.77 bits per heavy atom. The number of aryl methyl sites for hydroxylation is 1. The summed E-state index contributed by atoms with van der Waals surface area (Å²) in [5.74, 6) is 0.642. The number of aromatic nitrogens is 1. The van der Waals surface area contributed by atoms with Gasteiger partial charge in [-0.05, 0) is 44.5 Å². The minimum Gasteiger partial charge on any atom is -0.493 e. The number of carbonyl (C=O) groups excluding carboxylic acids is 1. The Morgan fingerprint density at radius 1 is 1.06 bits per heavy atom. The fourth-order valence-corrected chi connectivity index (χ4v) is 4.09. The van der Waals surface area contributed by atoms with E-state index in [1.807, 2.05) is 24.3 Å². The summed E-state index contributed by atoms with van der Waals surface area (Å²) >= 11 is 0. The van der Waals surface area contributed by atoms with Gasteiger partial charge in [0, 0.05) is 57.6 Å². The number of pyridine rings is 1. The van der Waals surface area contributed by atoms with Crippen molar-refractivity contribution in [3.05, 3.63) is 40.7 Å². The zero-order valence-electron chi connectivity index (χ0n) is 18.9. The van der Waals surface area contributed by atoms with Crippen molar-refractivity contribution in [1.82, 2.24) is 19.7 Å². The molecular formula is C24H36N4O3. The van der Waals surface area contributed by atoms with Gasteiger partial charge in [-0.3, -0.25) is 9.59 Å². The molecular weight excluding hydrogens is 392 g/mol. The van der Waals surface area contributed by atoms with Crippen LogP contribution in [0.3, 0.4) is 0 Å². The SMILES string of the molecule is CCCN1CCN(CCCNC(=O)CCCOc2cc(=O)n(C)c3ccccc23)CC1. The molecule has 2 heterocycles. The molecule has 0 aliphatic carbocycles. The fraction of sp³-hybridized carbons (Fsp3) is 0.583. The fourth-order valence-electron chi connectivity index (χ4n) is 4.09. The van der Waals surface area contributed by atoms with Gasteiger partial charge in [0.05, 0.1) is 12.1 Å². The van der Waals surface area contributed by atoms with E-state index >= 15 is 0 Å². The quantitative estimate of drug-likeness (QED) is 0.556. The Balaban J connectivity index is 1.30. The average molecular weight is 429 g/mol. The monoisotopic (exact) mass is 428 g/mol. The Hall–Kier alpha value is -2.38. The Labute approximate surface area is 185 Å². The number of rotatable bonds is 11. The number of amides is 1. The van der Waals surface area contributed by atoms with Crippen molar-refractivity contribution in [1.29, 1.82) is 0 Å². The minimum absolute atomic E-state index is 0.0604. The molecule has 0 atom stereocenters. The smallest absolute Gasteiger partial charge is 0.254 e. The van der Waals surface area contributed by atoms with Crippen molar-refractivity contribution in [2.45, 2.75) is 32.6 Å². The third kappa shape index (κ3) is 6.80. The van der Waals surface area contributed by atoms with E-state index < -0.39 is 0 Å². The number of fused-ring (bicyclic) bond motifs is 1. The molecule has 1 saturated heterocycles.